The van der Waals surface area contributed by atoms with Crippen molar-refractivity contribution in [1.82, 2.24) is 10.3 Å². The monoisotopic (exact) mass is 246 g/mol. The topological polar surface area (TPSA) is 24.9 Å². The molecule has 0 aliphatic rings. The number of hydrogen-bond donors (Lipinski definition) is 1. The van der Waals surface area contributed by atoms with Gasteiger partial charge in [0.1, 0.15) is 0 Å². The molecule has 0 fully saturated rings. The highest BCUT2D eigenvalue weighted by atomic mass is 32.1. The molecule has 1 aromatic heterocycles. The molecular formula is C14H18N2S. The molecule has 1 aromatic carbocycles. The van der Waals surface area contributed by atoms with Crippen molar-refractivity contribution in [2.75, 3.05) is 13.1 Å². The van der Waals surface area contributed by atoms with Crippen LogP contribution in [-0.2, 0) is 6.42 Å². The van der Waals surface area contributed by atoms with Gasteiger partial charge in [0.25, 0.3) is 0 Å². The first kappa shape index (κ1) is 12.3. The van der Waals surface area contributed by atoms with Gasteiger partial charge >= 0.3 is 0 Å². The number of nitrogens with zero attached hydrogens (tertiary/aromatic N) is 1. The van der Waals surface area contributed by atoms with E-state index < -0.39 is 0 Å². The lowest BCUT2D eigenvalue weighted by Gasteiger charge is -1.99. The predicted molar refractivity (Wildman–Crippen MR) is 74.5 cm³/mol. The summed E-state index contributed by atoms with van der Waals surface area (Å²) >= 11 is 1.75. The van der Waals surface area contributed by atoms with Crippen LogP contribution in [0.15, 0.2) is 29.6 Å². The van der Waals surface area contributed by atoms with Gasteiger partial charge in [-0.15, -0.1) is 11.3 Å². The molecule has 17 heavy (non-hydrogen) atoms. The van der Waals surface area contributed by atoms with Gasteiger partial charge < -0.3 is 5.32 Å². The third-order valence-electron chi connectivity index (χ3n) is 2.63. The summed E-state index contributed by atoms with van der Waals surface area (Å²) < 4.78 is 0. The quantitative estimate of drug-likeness (QED) is 0.819. The van der Waals surface area contributed by atoms with E-state index >= 15 is 0 Å². The molecule has 2 rings (SSSR count). The minimum absolute atomic E-state index is 1.01. The third kappa shape index (κ3) is 3.38. The summed E-state index contributed by atoms with van der Waals surface area (Å²) in [5.41, 5.74) is 3.60. The number of benzene rings is 1. The fourth-order valence-corrected chi connectivity index (χ4v) is 2.54. The summed E-state index contributed by atoms with van der Waals surface area (Å²) in [5.74, 6) is 0. The normalized spacial score (nSPS) is 10.7. The van der Waals surface area contributed by atoms with Gasteiger partial charge in [0.05, 0.1) is 10.7 Å². The van der Waals surface area contributed by atoms with E-state index in [0.29, 0.717) is 0 Å². The number of rotatable bonds is 5. The van der Waals surface area contributed by atoms with Crippen LogP contribution in [0, 0.1) is 6.92 Å². The van der Waals surface area contributed by atoms with Gasteiger partial charge in [-0.2, -0.15) is 0 Å². The van der Waals surface area contributed by atoms with Crippen LogP contribution >= 0.6 is 11.3 Å². The highest BCUT2D eigenvalue weighted by Gasteiger charge is 2.04. The average Bonchev–Trinajstić information content (AvgIpc) is 2.78. The van der Waals surface area contributed by atoms with Crippen molar-refractivity contribution in [3.05, 3.63) is 40.2 Å². The summed E-state index contributed by atoms with van der Waals surface area (Å²) in [7, 11) is 0. The highest BCUT2D eigenvalue weighted by molar-refractivity contribution is 7.09. The number of aromatic nitrogens is 1. The maximum Gasteiger partial charge on any atom is 0.0945 e. The second-order valence-electron chi connectivity index (χ2n) is 4.10. The Hall–Kier alpha value is -1.19. The van der Waals surface area contributed by atoms with Crippen molar-refractivity contribution in [3.63, 3.8) is 0 Å². The smallest absolute Gasteiger partial charge is 0.0945 e. The molecule has 0 saturated carbocycles. The lowest BCUT2D eigenvalue weighted by Crippen LogP contribution is -2.15. The minimum Gasteiger partial charge on any atom is -0.317 e. The van der Waals surface area contributed by atoms with Crippen molar-refractivity contribution in [1.29, 1.82) is 0 Å². The molecule has 2 nitrogen and oxygen atoms in total. The second-order valence-corrected chi connectivity index (χ2v) is 5.04. The SMILES string of the molecule is CCNCCc1nc(-c2cccc(C)c2)cs1. The van der Waals surface area contributed by atoms with Crippen molar-refractivity contribution in [2.24, 2.45) is 0 Å². The Balaban J connectivity index is 2.07. The Morgan fingerprint density at radius 3 is 3.00 bits per heavy atom. The first-order valence-corrected chi connectivity index (χ1v) is 6.89. The van der Waals surface area contributed by atoms with Gasteiger partial charge in [-0.25, -0.2) is 4.98 Å². The van der Waals surface area contributed by atoms with Crippen LogP contribution in [0.5, 0.6) is 0 Å². The van der Waals surface area contributed by atoms with Crippen LogP contribution in [0.2, 0.25) is 0 Å². The zero-order chi connectivity index (χ0) is 12.1. The Morgan fingerprint density at radius 1 is 1.35 bits per heavy atom. The van der Waals surface area contributed by atoms with Gasteiger partial charge in [0.15, 0.2) is 0 Å². The number of nitrogens with one attached hydrogen (secondary N) is 1. The molecule has 0 saturated heterocycles. The summed E-state index contributed by atoms with van der Waals surface area (Å²) in [4.78, 5) is 4.67. The largest absolute Gasteiger partial charge is 0.317 e. The molecule has 1 heterocycles. The van der Waals surface area contributed by atoms with Crippen LogP contribution in [0.3, 0.4) is 0 Å². The molecule has 0 aliphatic heterocycles. The van der Waals surface area contributed by atoms with E-state index in [4.69, 9.17) is 0 Å². The fourth-order valence-electron chi connectivity index (χ4n) is 1.73. The van der Waals surface area contributed by atoms with Crippen LogP contribution in [0.4, 0.5) is 0 Å². The molecule has 3 heteroatoms. The molecular weight excluding hydrogens is 228 g/mol. The van der Waals surface area contributed by atoms with E-state index in [0.717, 1.165) is 25.2 Å². The summed E-state index contributed by atoms with van der Waals surface area (Å²) in [6.07, 6.45) is 1.02. The van der Waals surface area contributed by atoms with E-state index in [1.165, 1.54) is 16.1 Å². The third-order valence-corrected chi connectivity index (χ3v) is 3.54. The average molecular weight is 246 g/mol. The minimum atomic E-state index is 1.01. The lowest BCUT2D eigenvalue weighted by molar-refractivity contribution is 0.714. The Morgan fingerprint density at radius 2 is 2.24 bits per heavy atom. The standard InChI is InChI=1S/C14H18N2S/c1-3-15-8-7-14-16-13(10-17-14)12-6-4-5-11(2)9-12/h4-6,9-10,15H,3,7-8H2,1-2H3. The lowest BCUT2D eigenvalue weighted by atomic mass is 10.1. The Bertz CT molecular complexity index is 477. The molecule has 90 valence electrons. The van der Waals surface area contributed by atoms with Crippen molar-refractivity contribution >= 4 is 11.3 Å². The summed E-state index contributed by atoms with van der Waals surface area (Å²) in [6.45, 7) is 6.27. The molecule has 0 atom stereocenters. The maximum absolute atomic E-state index is 4.67. The zero-order valence-corrected chi connectivity index (χ0v) is 11.2. The molecule has 1 N–H and O–H groups in total. The van der Waals surface area contributed by atoms with Gasteiger partial charge in [0.2, 0.25) is 0 Å². The first-order valence-electron chi connectivity index (χ1n) is 6.01. The Kier molecular flexibility index (Phi) is 4.29. The highest BCUT2D eigenvalue weighted by Crippen LogP contribution is 2.22. The van der Waals surface area contributed by atoms with Crippen molar-refractivity contribution in [2.45, 2.75) is 20.3 Å². The van der Waals surface area contributed by atoms with Gasteiger partial charge in [-0.1, -0.05) is 30.7 Å². The Labute approximate surface area is 107 Å². The molecule has 0 spiro atoms. The van der Waals surface area contributed by atoms with Crippen LogP contribution in [0.1, 0.15) is 17.5 Å². The van der Waals surface area contributed by atoms with E-state index in [1.54, 1.807) is 11.3 Å². The van der Waals surface area contributed by atoms with E-state index in [2.05, 4.69) is 53.8 Å². The van der Waals surface area contributed by atoms with Gasteiger partial charge in [0, 0.05) is 23.9 Å². The van der Waals surface area contributed by atoms with Crippen molar-refractivity contribution < 1.29 is 0 Å². The number of hydrogen-bond acceptors (Lipinski definition) is 3. The van der Waals surface area contributed by atoms with Gasteiger partial charge in [-0.3, -0.25) is 0 Å². The fraction of sp³-hybridized carbons (Fsp3) is 0.357. The zero-order valence-electron chi connectivity index (χ0n) is 10.4. The van der Waals surface area contributed by atoms with E-state index in [1.807, 2.05) is 0 Å². The molecule has 0 bridgehead atoms. The van der Waals surface area contributed by atoms with E-state index in [9.17, 15) is 0 Å². The van der Waals surface area contributed by atoms with Crippen LogP contribution < -0.4 is 5.32 Å². The number of likely N-dealkylation sites (N-methyl/N-ethyl adjacent to an activating group) is 1. The molecule has 2 aromatic rings. The number of thiazole rings is 1. The van der Waals surface area contributed by atoms with Gasteiger partial charge in [-0.05, 0) is 19.5 Å². The summed E-state index contributed by atoms with van der Waals surface area (Å²) in [5, 5.41) is 6.68. The maximum atomic E-state index is 4.67. The first-order chi connectivity index (χ1) is 8.29. The summed E-state index contributed by atoms with van der Waals surface area (Å²) in [6, 6.07) is 8.50. The number of aryl methyl sites for hydroxylation is 1. The molecule has 0 radical (unpaired) electrons. The molecule has 0 aliphatic carbocycles. The molecule has 0 amide bonds. The molecule has 0 unspecified atom stereocenters. The predicted octanol–water partition coefficient (Wildman–Crippen LogP) is 3.27. The van der Waals surface area contributed by atoms with E-state index in [-0.39, 0.29) is 0 Å². The second kappa shape index (κ2) is 5.94. The van der Waals surface area contributed by atoms with Crippen LogP contribution in [0.25, 0.3) is 11.3 Å². The van der Waals surface area contributed by atoms with Crippen LogP contribution in [-0.4, -0.2) is 18.1 Å². The van der Waals surface area contributed by atoms with Crippen molar-refractivity contribution in [3.8, 4) is 11.3 Å².